The molecule has 2 heterocycles. The number of carbonyl (C=O) groups is 2. The second kappa shape index (κ2) is 11.9. The topological polar surface area (TPSA) is 59.1 Å². The molecular formula is C28H31Cl2F3N2O4. The van der Waals surface area contributed by atoms with Gasteiger partial charge in [-0.3, -0.25) is 9.69 Å². The van der Waals surface area contributed by atoms with Crippen LogP contribution in [-0.4, -0.2) is 60.3 Å². The molecule has 0 saturated carbocycles. The lowest BCUT2D eigenvalue weighted by molar-refractivity contribution is -0.220. The van der Waals surface area contributed by atoms with E-state index in [1.165, 1.54) is 6.07 Å². The van der Waals surface area contributed by atoms with Crippen molar-refractivity contribution in [2.24, 2.45) is 11.3 Å². The standard InChI is InChI=1S/C28H31Cl2F3N2O4/c1-18(2)17-38-23-6-4-3-5-20(23)16-35-14-11-27(25(35)39-26(37)28(31,32)33)9-12-34(13-10-27)24(36)19-7-8-21(29)22(30)15-19/h3-8,15,18,25H,9-14,16-17H2,1-2H3. The summed E-state index contributed by atoms with van der Waals surface area (Å²) in [4.78, 5) is 28.5. The number of nitrogens with zero attached hydrogens (tertiary/aromatic N) is 2. The molecule has 39 heavy (non-hydrogen) atoms. The number of ether oxygens (including phenoxy) is 2. The first-order chi connectivity index (χ1) is 18.4. The molecule has 0 aromatic heterocycles. The summed E-state index contributed by atoms with van der Waals surface area (Å²) in [5.41, 5.74) is 0.463. The maximum absolute atomic E-state index is 13.3. The summed E-state index contributed by atoms with van der Waals surface area (Å²) in [6, 6.07) is 12.0. The average Bonchev–Trinajstić information content (AvgIpc) is 3.20. The summed E-state index contributed by atoms with van der Waals surface area (Å²) in [5.74, 6) is -1.50. The average molecular weight is 587 g/mol. The number of alkyl halides is 3. The number of rotatable bonds is 7. The monoisotopic (exact) mass is 586 g/mol. The third-order valence-corrected chi connectivity index (χ3v) is 8.07. The van der Waals surface area contributed by atoms with Gasteiger partial charge in [-0.25, -0.2) is 4.79 Å². The number of carbonyl (C=O) groups excluding carboxylic acids is 2. The van der Waals surface area contributed by atoms with E-state index in [2.05, 4.69) is 0 Å². The molecular weight excluding hydrogens is 556 g/mol. The van der Waals surface area contributed by atoms with Gasteiger partial charge in [-0.05, 0) is 49.4 Å². The number of esters is 1. The van der Waals surface area contributed by atoms with Crippen molar-refractivity contribution >= 4 is 35.1 Å². The summed E-state index contributed by atoms with van der Waals surface area (Å²) < 4.78 is 51.0. The van der Waals surface area contributed by atoms with Crippen molar-refractivity contribution in [2.45, 2.75) is 52.1 Å². The molecule has 2 aliphatic heterocycles. The predicted octanol–water partition coefficient (Wildman–Crippen LogP) is 6.59. The molecule has 1 atom stereocenters. The Morgan fingerprint density at radius 3 is 2.33 bits per heavy atom. The van der Waals surface area contributed by atoms with Crippen molar-refractivity contribution in [3.63, 3.8) is 0 Å². The van der Waals surface area contributed by atoms with E-state index >= 15 is 0 Å². The number of hydrogen-bond donors (Lipinski definition) is 0. The number of piperidine rings is 1. The Bertz CT molecular complexity index is 1200. The van der Waals surface area contributed by atoms with Crippen LogP contribution in [0.5, 0.6) is 5.75 Å². The Hall–Kier alpha value is -2.49. The molecule has 2 aromatic rings. The minimum Gasteiger partial charge on any atom is -0.493 e. The fraction of sp³-hybridized carbons (Fsp3) is 0.500. The maximum Gasteiger partial charge on any atom is 0.490 e. The summed E-state index contributed by atoms with van der Waals surface area (Å²) in [6.45, 7) is 5.86. The van der Waals surface area contributed by atoms with Crippen LogP contribution in [0.3, 0.4) is 0 Å². The molecule has 4 rings (SSSR count). The van der Waals surface area contributed by atoms with E-state index in [0.717, 1.165) is 5.56 Å². The number of halogens is 5. The largest absolute Gasteiger partial charge is 0.493 e. The molecule has 2 aromatic carbocycles. The van der Waals surface area contributed by atoms with Gasteiger partial charge in [-0.15, -0.1) is 0 Å². The van der Waals surface area contributed by atoms with Crippen LogP contribution in [0.15, 0.2) is 42.5 Å². The Morgan fingerprint density at radius 2 is 1.69 bits per heavy atom. The van der Waals surface area contributed by atoms with Crippen LogP contribution in [0, 0.1) is 11.3 Å². The smallest absolute Gasteiger partial charge is 0.490 e. The van der Waals surface area contributed by atoms with E-state index in [-0.39, 0.29) is 17.5 Å². The SMILES string of the molecule is CC(C)COc1ccccc1CN1CCC2(CCN(C(=O)c3ccc(Cl)c(Cl)c3)CC2)C1OC(=O)C(F)(F)F. The lowest BCUT2D eigenvalue weighted by Gasteiger charge is -2.43. The van der Waals surface area contributed by atoms with E-state index in [9.17, 15) is 22.8 Å². The molecule has 212 valence electrons. The highest BCUT2D eigenvalue weighted by molar-refractivity contribution is 6.42. The van der Waals surface area contributed by atoms with Gasteiger partial charge in [0.1, 0.15) is 5.75 Å². The number of likely N-dealkylation sites (tertiary alicyclic amines) is 2. The van der Waals surface area contributed by atoms with E-state index < -0.39 is 23.8 Å². The maximum atomic E-state index is 13.3. The quantitative estimate of drug-likeness (QED) is 0.343. The minimum atomic E-state index is -5.11. The molecule has 0 N–H and O–H groups in total. The highest BCUT2D eigenvalue weighted by Crippen LogP contribution is 2.47. The Labute approximate surface area is 235 Å². The summed E-state index contributed by atoms with van der Waals surface area (Å²) >= 11 is 12.0. The molecule has 1 spiro atoms. The third kappa shape index (κ3) is 6.81. The van der Waals surface area contributed by atoms with Gasteiger partial charge in [0.2, 0.25) is 0 Å². The van der Waals surface area contributed by atoms with Gasteiger partial charge < -0.3 is 14.4 Å². The molecule has 6 nitrogen and oxygen atoms in total. The van der Waals surface area contributed by atoms with Crippen molar-refractivity contribution in [1.29, 1.82) is 0 Å². The lowest BCUT2D eigenvalue weighted by Crippen LogP contribution is -2.51. The summed E-state index contributed by atoms with van der Waals surface area (Å²) in [7, 11) is 0. The fourth-order valence-corrected chi connectivity index (χ4v) is 5.54. The first kappa shape index (κ1) is 29.5. The molecule has 0 radical (unpaired) electrons. The molecule has 2 aliphatic rings. The normalized spacial score (nSPS) is 19.5. The number of benzene rings is 2. The molecule has 0 aliphatic carbocycles. The molecule has 1 amide bonds. The minimum absolute atomic E-state index is 0.238. The van der Waals surface area contributed by atoms with Crippen LogP contribution < -0.4 is 4.74 Å². The molecule has 11 heteroatoms. The molecule has 2 saturated heterocycles. The van der Waals surface area contributed by atoms with E-state index in [1.807, 2.05) is 38.1 Å². The van der Waals surface area contributed by atoms with Gasteiger partial charge in [0.05, 0.1) is 16.7 Å². The summed E-state index contributed by atoms with van der Waals surface area (Å²) in [5, 5.41) is 0.599. The Balaban J connectivity index is 1.53. The van der Waals surface area contributed by atoms with Crippen molar-refractivity contribution in [3.05, 3.63) is 63.6 Å². The van der Waals surface area contributed by atoms with E-state index in [4.69, 9.17) is 32.7 Å². The first-order valence-corrected chi connectivity index (χ1v) is 13.6. The van der Waals surface area contributed by atoms with Crippen LogP contribution in [0.25, 0.3) is 0 Å². The van der Waals surface area contributed by atoms with Crippen molar-refractivity contribution < 1.29 is 32.2 Å². The predicted molar refractivity (Wildman–Crippen MR) is 142 cm³/mol. The zero-order valence-corrected chi connectivity index (χ0v) is 23.3. The van der Waals surface area contributed by atoms with Crippen molar-refractivity contribution in [3.8, 4) is 5.75 Å². The number of hydrogen-bond acceptors (Lipinski definition) is 5. The summed E-state index contributed by atoms with van der Waals surface area (Å²) in [6.07, 6.45) is -4.90. The second-order valence-electron chi connectivity index (χ2n) is 10.6. The second-order valence-corrected chi connectivity index (χ2v) is 11.4. The van der Waals surface area contributed by atoms with Crippen molar-refractivity contribution in [2.75, 3.05) is 26.2 Å². The van der Waals surface area contributed by atoms with Gasteiger partial charge in [-0.1, -0.05) is 55.2 Å². The van der Waals surface area contributed by atoms with E-state index in [1.54, 1.807) is 21.9 Å². The first-order valence-electron chi connectivity index (χ1n) is 12.9. The van der Waals surface area contributed by atoms with Gasteiger partial charge in [0.15, 0.2) is 6.23 Å². The van der Waals surface area contributed by atoms with Gasteiger partial charge in [0.25, 0.3) is 5.91 Å². The van der Waals surface area contributed by atoms with Crippen LogP contribution in [0.1, 0.15) is 49.0 Å². The van der Waals surface area contributed by atoms with Crippen LogP contribution in [0.2, 0.25) is 10.0 Å². The van der Waals surface area contributed by atoms with Gasteiger partial charge in [-0.2, -0.15) is 13.2 Å². The van der Waals surface area contributed by atoms with Crippen molar-refractivity contribution in [1.82, 2.24) is 9.80 Å². The number of amides is 1. The van der Waals surface area contributed by atoms with Crippen LogP contribution in [0.4, 0.5) is 13.2 Å². The van der Waals surface area contributed by atoms with Gasteiger partial charge in [0, 0.05) is 42.7 Å². The molecule has 1 unspecified atom stereocenters. The number of para-hydroxylation sites is 1. The Kier molecular flexibility index (Phi) is 9.03. The molecule has 0 bridgehead atoms. The molecule has 2 fully saturated rings. The van der Waals surface area contributed by atoms with Gasteiger partial charge >= 0.3 is 12.1 Å². The highest BCUT2D eigenvalue weighted by Gasteiger charge is 2.54. The van der Waals surface area contributed by atoms with Crippen LogP contribution in [-0.2, 0) is 16.1 Å². The van der Waals surface area contributed by atoms with E-state index in [0.29, 0.717) is 67.8 Å². The fourth-order valence-electron chi connectivity index (χ4n) is 5.24. The zero-order valence-electron chi connectivity index (χ0n) is 21.8. The van der Waals surface area contributed by atoms with Crippen LogP contribution >= 0.6 is 23.2 Å². The Morgan fingerprint density at radius 1 is 1.03 bits per heavy atom. The zero-order chi connectivity index (χ0) is 28.4. The highest BCUT2D eigenvalue weighted by atomic mass is 35.5. The lowest BCUT2D eigenvalue weighted by atomic mass is 9.76. The third-order valence-electron chi connectivity index (χ3n) is 7.33.